The Labute approximate surface area is 348 Å². The molecule has 1 aliphatic heterocycles. The molecule has 0 aliphatic carbocycles. The molecular weight excluding hydrogens is 725 g/mol. The SMILES string of the molecule is CCCCCCCC/C=C\CCCCCCCCCCCC(=O)OC(COC(=O)CCCCCCCCCCCCCCC)COC1OC(CO)C(O)C(O)C1O. The highest BCUT2D eigenvalue weighted by atomic mass is 16.7. The highest BCUT2D eigenvalue weighted by molar-refractivity contribution is 5.70. The van der Waals surface area contributed by atoms with Crippen molar-refractivity contribution >= 4 is 11.9 Å². The summed E-state index contributed by atoms with van der Waals surface area (Å²) in [4.78, 5) is 25.3. The first-order chi connectivity index (χ1) is 27.8. The van der Waals surface area contributed by atoms with Gasteiger partial charge in [-0.3, -0.25) is 9.59 Å². The van der Waals surface area contributed by atoms with Crippen LogP contribution in [0.2, 0.25) is 0 Å². The van der Waals surface area contributed by atoms with Crippen LogP contribution in [0, 0.1) is 0 Å². The van der Waals surface area contributed by atoms with Gasteiger partial charge in [-0.25, -0.2) is 0 Å². The molecule has 1 rings (SSSR count). The lowest BCUT2D eigenvalue weighted by molar-refractivity contribution is -0.305. The molecule has 0 spiro atoms. The van der Waals surface area contributed by atoms with Crippen molar-refractivity contribution in [1.82, 2.24) is 0 Å². The summed E-state index contributed by atoms with van der Waals surface area (Å²) >= 11 is 0. The number of carbonyl (C=O) groups excluding carboxylic acids is 2. The summed E-state index contributed by atoms with van der Waals surface area (Å²) < 4.78 is 22.2. The minimum absolute atomic E-state index is 0.212. The Balaban J connectivity index is 2.28. The summed E-state index contributed by atoms with van der Waals surface area (Å²) in [6, 6.07) is 0. The van der Waals surface area contributed by atoms with E-state index in [1.807, 2.05) is 0 Å². The van der Waals surface area contributed by atoms with Crippen LogP contribution in [0.15, 0.2) is 12.2 Å². The van der Waals surface area contributed by atoms with Gasteiger partial charge in [0, 0.05) is 12.8 Å². The van der Waals surface area contributed by atoms with E-state index in [4.69, 9.17) is 18.9 Å². The molecule has 0 aromatic carbocycles. The lowest BCUT2D eigenvalue weighted by Crippen LogP contribution is -2.59. The quantitative estimate of drug-likeness (QED) is 0.0267. The van der Waals surface area contributed by atoms with Gasteiger partial charge < -0.3 is 39.4 Å². The molecule has 1 fully saturated rings. The Morgan fingerprint density at radius 1 is 0.526 bits per heavy atom. The van der Waals surface area contributed by atoms with Crippen LogP contribution >= 0.6 is 0 Å². The maximum absolute atomic E-state index is 12.8. The highest BCUT2D eigenvalue weighted by Crippen LogP contribution is 2.23. The second-order valence-corrected chi connectivity index (χ2v) is 16.6. The standard InChI is InChI=1S/C47H88O10/c1-3-5-7-9-11-13-15-17-18-19-20-21-22-24-26-28-30-32-34-36-43(50)56-40(39-55-47-46(53)45(52)44(51)41(37-48)57-47)38-54-42(49)35-33-31-29-27-25-23-16-14-12-10-8-6-4-2/h17-18,40-41,44-48,51-53H,3-16,19-39H2,1-2H3/b18-17-. The average molecular weight is 813 g/mol. The summed E-state index contributed by atoms with van der Waals surface area (Å²) in [5, 5.41) is 40.1. The van der Waals surface area contributed by atoms with Gasteiger partial charge in [-0.05, 0) is 38.5 Å². The number of esters is 2. The van der Waals surface area contributed by atoms with Crippen molar-refractivity contribution in [3.63, 3.8) is 0 Å². The van der Waals surface area contributed by atoms with E-state index in [9.17, 15) is 30.0 Å². The Hall–Kier alpha value is -1.56. The van der Waals surface area contributed by atoms with Crippen molar-refractivity contribution in [2.75, 3.05) is 19.8 Å². The number of hydrogen-bond donors (Lipinski definition) is 4. The summed E-state index contributed by atoms with van der Waals surface area (Å²) in [7, 11) is 0. The fraction of sp³-hybridized carbons (Fsp3) is 0.915. The van der Waals surface area contributed by atoms with E-state index < -0.39 is 49.4 Å². The van der Waals surface area contributed by atoms with Crippen molar-refractivity contribution < 1.29 is 49.0 Å². The molecule has 0 saturated carbocycles. The molecule has 0 amide bonds. The third kappa shape index (κ3) is 30.2. The highest BCUT2D eigenvalue weighted by Gasteiger charge is 2.44. The van der Waals surface area contributed by atoms with Gasteiger partial charge in [0.15, 0.2) is 12.4 Å². The zero-order valence-electron chi connectivity index (χ0n) is 36.6. The molecule has 1 heterocycles. The first-order valence-electron chi connectivity index (χ1n) is 23.8. The summed E-state index contributed by atoms with van der Waals surface area (Å²) in [5.74, 6) is -0.798. The maximum Gasteiger partial charge on any atom is 0.306 e. The fourth-order valence-corrected chi connectivity index (χ4v) is 7.36. The van der Waals surface area contributed by atoms with E-state index in [2.05, 4.69) is 26.0 Å². The number of carbonyl (C=O) groups is 2. The predicted molar refractivity (Wildman–Crippen MR) is 229 cm³/mol. The molecule has 1 saturated heterocycles. The van der Waals surface area contributed by atoms with Crippen molar-refractivity contribution in [3.05, 3.63) is 12.2 Å². The number of hydrogen-bond acceptors (Lipinski definition) is 10. The van der Waals surface area contributed by atoms with E-state index in [1.54, 1.807) is 0 Å². The molecule has 0 bridgehead atoms. The predicted octanol–water partition coefficient (Wildman–Crippen LogP) is 10.3. The van der Waals surface area contributed by atoms with E-state index in [-0.39, 0.29) is 32.0 Å². The third-order valence-corrected chi connectivity index (χ3v) is 11.2. The van der Waals surface area contributed by atoms with Crippen LogP contribution in [-0.4, -0.2) is 89.0 Å². The smallest absolute Gasteiger partial charge is 0.306 e. The van der Waals surface area contributed by atoms with Crippen molar-refractivity contribution in [2.45, 2.75) is 256 Å². The average Bonchev–Trinajstić information content (AvgIpc) is 3.21. The second kappa shape index (κ2) is 38.6. The fourth-order valence-electron chi connectivity index (χ4n) is 7.36. The number of aliphatic hydroxyl groups excluding tert-OH is 4. The molecule has 0 aromatic heterocycles. The lowest BCUT2D eigenvalue weighted by Gasteiger charge is -2.39. The Morgan fingerprint density at radius 2 is 0.930 bits per heavy atom. The minimum Gasteiger partial charge on any atom is -0.462 e. The van der Waals surface area contributed by atoms with Gasteiger partial charge in [0.1, 0.15) is 31.0 Å². The first kappa shape index (κ1) is 53.5. The molecule has 4 N–H and O–H groups in total. The molecule has 0 aromatic rings. The first-order valence-corrected chi connectivity index (χ1v) is 23.8. The molecular formula is C47H88O10. The van der Waals surface area contributed by atoms with E-state index in [0.717, 1.165) is 38.5 Å². The summed E-state index contributed by atoms with van der Waals surface area (Å²) in [6.07, 6.45) is 33.6. The van der Waals surface area contributed by atoms with Crippen LogP contribution in [0.4, 0.5) is 0 Å². The number of rotatable bonds is 40. The zero-order valence-corrected chi connectivity index (χ0v) is 36.6. The van der Waals surface area contributed by atoms with Gasteiger partial charge in [-0.15, -0.1) is 0 Å². The molecule has 6 unspecified atom stereocenters. The molecule has 57 heavy (non-hydrogen) atoms. The van der Waals surface area contributed by atoms with Gasteiger partial charge in [0.25, 0.3) is 0 Å². The monoisotopic (exact) mass is 813 g/mol. The van der Waals surface area contributed by atoms with Gasteiger partial charge >= 0.3 is 11.9 Å². The topological polar surface area (TPSA) is 152 Å². The molecule has 1 aliphatic rings. The Morgan fingerprint density at radius 3 is 1.37 bits per heavy atom. The van der Waals surface area contributed by atoms with Gasteiger partial charge in [-0.1, -0.05) is 180 Å². The van der Waals surface area contributed by atoms with E-state index >= 15 is 0 Å². The second-order valence-electron chi connectivity index (χ2n) is 16.6. The van der Waals surface area contributed by atoms with Crippen LogP contribution in [-0.2, 0) is 28.5 Å². The molecule has 0 radical (unpaired) electrons. The van der Waals surface area contributed by atoms with Crippen LogP contribution in [0.5, 0.6) is 0 Å². The minimum atomic E-state index is -1.59. The van der Waals surface area contributed by atoms with Gasteiger partial charge in [-0.2, -0.15) is 0 Å². The number of ether oxygens (including phenoxy) is 4. The lowest BCUT2D eigenvalue weighted by atomic mass is 9.99. The van der Waals surface area contributed by atoms with Crippen LogP contribution in [0.3, 0.4) is 0 Å². The summed E-state index contributed by atoms with van der Waals surface area (Å²) in [6.45, 7) is 3.44. The van der Waals surface area contributed by atoms with Gasteiger partial charge in [0.05, 0.1) is 13.2 Å². The van der Waals surface area contributed by atoms with Crippen molar-refractivity contribution in [1.29, 1.82) is 0 Å². The van der Waals surface area contributed by atoms with Crippen molar-refractivity contribution in [3.8, 4) is 0 Å². The van der Waals surface area contributed by atoms with E-state index in [0.29, 0.717) is 6.42 Å². The normalized spacial score (nSPS) is 20.3. The van der Waals surface area contributed by atoms with Crippen LogP contribution in [0.1, 0.15) is 219 Å². The Kier molecular flexibility index (Phi) is 36.2. The van der Waals surface area contributed by atoms with E-state index in [1.165, 1.54) is 148 Å². The Bertz CT molecular complexity index is 943. The van der Waals surface area contributed by atoms with Crippen LogP contribution < -0.4 is 0 Å². The maximum atomic E-state index is 12.8. The molecule has 336 valence electrons. The number of unbranched alkanes of at least 4 members (excludes halogenated alkanes) is 27. The van der Waals surface area contributed by atoms with Crippen molar-refractivity contribution in [2.24, 2.45) is 0 Å². The molecule has 6 atom stereocenters. The largest absolute Gasteiger partial charge is 0.462 e. The molecule has 10 heteroatoms. The molecule has 10 nitrogen and oxygen atoms in total. The van der Waals surface area contributed by atoms with Gasteiger partial charge in [0.2, 0.25) is 0 Å². The third-order valence-electron chi connectivity index (χ3n) is 11.2. The number of aliphatic hydroxyl groups is 4. The van der Waals surface area contributed by atoms with Crippen LogP contribution in [0.25, 0.3) is 0 Å². The number of allylic oxidation sites excluding steroid dienone is 2. The zero-order chi connectivity index (χ0) is 41.6. The summed E-state index contributed by atoms with van der Waals surface area (Å²) in [5.41, 5.74) is 0.